The van der Waals surface area contributed by atoms with Crippen LogP contribution in [0.5, 0.6) is 5.75 Å². The van der Waals surface area contributed by atoms with Crippen LogP contribution in [0.1, 0.15) is 11.1 Å². The molecule has 0 unspecified atom stereocenters. The second kappa shape index (κ2) is 6.31. The predicted molar refractivity (Wildman–Crippen MR) is 60.2 cm³/mol. The van der Waals surface area contributed by atoms with Crippen molar-refractivity contribution in [2.24, 2.45) is 0 Å². The molecule has 0 aliphatic heterocycles. The van der Waals surface area contributed by atoms with Gasteiger partial charge in [0, 0.05) is 5.56 Å². The molecule has 0 spiro atoms. The van der Waals surface area contributed by atoms with E-state index in [1.807, 2.05) is 19.1 Å². The van der Waals surface area contributed by atoms with Crippen LogP contribution in [0.25, 0.3) is 0 Å². The molecular formula is C12H12ClFO. The summed E-state index contributed by atoms with van der Waals surface area (Å²) in [6.45, 7) is 1.51. The first-order valence-electron chi connectivity index (χ1n) is 4.62. The summed E-state index contributed by atoms with van der Waals surface area (Å²) in [5.74, 6) is 6.69. The molecule has 0 aliphatic rings. The zero-order valence-electron chi connectivity index (χ0n) is 8.52. The van der Waals surface area contributed by atoms with Gasteiger partial charge in [0.15, 0.2) is 0 Å². The molecule has 0 radical (unpaired) electrons. The maximum Gasteiger partial charge on any atom is 0.123 e. The SMILES string of the molecule is Cc1cc(C#CCCl)ccc1OCCF. The molecular weight excluding hydrogens is 215 g/mol. The number of rotatable bonds is 3. The van der Waals surface area contributed by atoms with E-state index < -0.39 is 6.67 Å². The largest absolute Gasteiger partial charge is 0.491 e. The van der Waals surface area contributed by atoms with E-state index in [0.717, 1.165) is 11.1 Å². The van der Waals surface area contributed by atoms with Crippen LogP contribution in [0.2, 0.25) is 0 Å². The second-order valence-electron chi connectivity index (χ2n) is 2.95. The molecule has 0 saturated heterocycles. The van der Waals surface area contributed by atoms with Crippen LogP contribution >= 0.6 is 11.6 Å². The molecule has 15 heavy (non-hydrogen) atoms. The van der Waals surface area contributed by atoms with Crippen LogP contribution in [-0.2, 0) is 0 Å². The summed E-state index contributed by atoms with van der Waals surface area (Å²) in [5.41, 5.74) is 1.84. The normalized spacial score (nSPS) is 9.27. The van der Waals surface area contributed by atoms with Gasteiger partial charge in [0.2, 0.25) is 0 Å². The molecule has 0 aromatic heterocycles. The van der Waals surface area contributed by atoms with Gasteiger partial charge in [-0.25, -0.2) is 4.39 Å². The summed E-state index contributed by atoms with van der Waals surface area (Å²) >= 11 is 5.45. The van der Waals surface area contributed by atoms with Gasteiger partial charge in [-0.3, -0.25) is 0 Å². The first-order chi connectivity index (χ1) is 7.27. The molecule has 0 atom stereocenters. The third kappa shape index (κ3) is 3.81. The lowest BCUT2D eigenvalue weighted by atomic mass is 10.1. The molecule has 1 nitrogen and oxygen atoms in total. The van der Waals surface area contributed by atoms with E-state index in [9.17, 15) is 4.39 Å². The molecule has 0 heterocycles. The van der Waals surface area contributed by atoms with Gasteiger partial charge in [-0.05, 0) is 30.7 Å². The van der Waals surface area contributed by atoms with Crippen molar-refractivity contribution in [1.29, 1.82) is 0 Å². The van der Waals surface area contributed by atoms with Crippen molar-refractivity contribution < 1.29 is 9.13 Å². The summed E-state index contributed by atoms with van der Waals surface area (Å²) in [4.78, 5) is 0. The first-order valence-corrected chi connectivity index (χ1v) is 5.15. The minimum absolute atomic E-state index is 0.0908. The monoisotopic (exact) mass is 226 g/mol. The topological polar surface area (TPSA) is 9.23 Å². The highest BCUT2D eigenvalue weighted by Crippen LogP contribution is 2.18. The van der Waals surface area contributed by atoms with Crippen LogP contribution < -0.4 is 4.74 Å². The highest BCUT2D eigenvalue weighted by Gasteiger charge is 1.99. The quantitative estimate of drug-likeness (QED) is 0.569. The van der Waals surface area contributed by atoms with Crippen molar-refractivity contribution in [3.8, 4) is 17.6 Å². The van der Waals surface area contributed by atoms with Crippen LogP contribution in [0.15, 0.2) is 18.2 Å². The van der Waals surface area contributed by atoms with Crippen LogP contribution in [0, 0.1) is 18.8 Å². The molecule has 0 amide bonds. The Kier molecular flexibility index (Phi) is 5.00. The second-order valence-corrected chi connectivity index (χ2v) is 3.22. The van der Waals surface area contributed by atoms with Gasteiger partial charge in [0.05, 0.1) is 5.88 Å². The third-order valence-electron chi connectivity index (χ3n) is 1.81. The van der Waals surface area contributed by atoms with Gasteiger partial charge in [-0.15, -0.1) is 11.6 Å². The smallest absolute Gasteiger partial charge is 0.123 e. The van der Waals surface area contributed by atoms with Crippen molar-refractivity contribution in [2.45, 2.75) is 6.92 Å². The van der Waals surface area contributed by atoms with Gasteiger partial charge < -0.3 is 4.74 Å². The maximum atomic E-state index is 11.9. The highest BCUT2D eigenvalue weighted by atomic mass is 35.5. The molecule has 0 fully saturated rings. The summed E-state index contributed by atoms with van der Waals surface area (Å²) in [6.07, 6.45) is 0. The lowest BCUT2D eigenvalue weighted by Crippen LogP contribution is -2.00. The van der Waals surface area contributed by atoms with E-state index in [2.05, 4.69) is 11.8 Å². The fourth-order valence-corrected chi connectivity index (χ4v) is 1.24. The Hall–Kier alpha value is -1.20. The molecule has 1 aromatic carbocycles. The fourth-order valence-electron chi connectivity index (χ4n) is 1.17. The van der Waals surface area contributed by atoms with E-state index in [-0.39, 0.29) is 6.61 Å². The average molecular weight is 227 g/mol. The fraction of sp³-hybridized carbons (Fsp3) is 0.333. The number of alkyl halides is 2. The highest BCUT2D eigenvalue weighted by molar-refractivity contribution is 6.19. The molecule has 0 aliphatic carbocycles. The average Bonchev–Trinajstić information content (AvgIpc) is 2.25. The first kappa shape index (κ1) is 11.9. The Bertz CT molecular complexity index is 379. The Morgan fingerprint density at radius 2 is 2.27 bits per heavy atom. The van der Waals surface area contributed by atoms with E-state index in [4.69, 9.17) is 16.3 Å². The van der Waals surface area contributed by atoms with Crippen molar-refractivity contribution in [3.63, 3.8) is 0 Å². The maximum absolute atomic E-state index is 11.9. The van der Waals surface area contributed by atoms with Gasteiger partial charge in [-0.2, -0.15) is 0 Å². The Morgan fingerprint density at radius 1 is 1.47 bits per heavy atom. The molecule has 0 bridgehead atoms. The number of hydrogen-bond acceptors (Lipinski definition) is 1. The lowest BCUT2D eigenvalue weighted by molar-refractivity contribution is 0.272. The summed E-state index contributed by atoms with van der Waals surface area (Å²) < 4.78 is 17.1. The van der Waals surface area contributed by atoms with Gasteiger partial charge in [0.25, 0.3) is 0 Å². The number of hydrogen-bond donors (Lipinski definition) is 0. The van der Waals surface area contributed by atoms with Crippen LogP contribution in [0.4, 0.5) is 4.39 Å². The third-order valence-corrected chi connectivity index (χ3v) is 1.94. The minimum Gasteiger partial charge on any atom is -0.491 e. The molecule has 0 saturated carbocycles. The van der Waals surface area contributed by atoms with Gasteiger partial charge in [-0.1, -0.05) is 11.8 Å². The number of aryl methyl sites for hydroxylation is 1. The molecule has 1 aromatic rings. The lowest BCUT2D eigenvalue weighted by Gasteiger charge is -2.06. The van der Waals surface area contributed by atoms with Gasteiger partial charge >= 0.3 is 0 Å². The Morgan fingerprint density at radius 3 is 2.87 bits per heavy atom. The number of halogens is 2. The Balaban J connectivity index is 2.78. The number of benzene rings is 1. The zero-order valence-corrected chi connectivity index (χ0v) is 9.27. The summed E-state index contributed by atoms with van der Waals surface area (Å²) in [5, 5.41) is 0. The van der Waals surface area contributed by atoms with Crippen molar-refractivity contribution in [2.75, 3.05) is 19.2 Å². The van der Waals surface area contributed by atoms with E-state index in [1.165, 1.54) is 0 Å². The van der Waals surface area contributed by atoms with E-state index >= 15 is 0 Å². The Labute approximate surface area is 94.2 Å². The number of ether oxygens (including phenoxy) is 1. The molecule has 80 valence electrons. The standard InChI is InChI=1S/C12H12ClFO/c1-10-9-11(3-2-6-13)4-5-12(10)15-8-7-14/h4-5,9H,6-8H2,1H3. The van der Waals surface area contributed by atoms with Crippen molar-refractivity contribution >= 4 is 11.6 Å². The van der Waals surface area contributed by atoms with Crippen LogP contribution in [0.3, 0.4) is 0 Å². The summed E-state index contributed by atoms with van der Waals surface area (Å²) in [6, 6.07) is 5.52. The predicted octanol–water partition coefficient (Wildman–Crippen LogP) is 2.93. The molecule has 1 rings (SSSR count). The van der Waals surface area contributed by atoms with Crippen molar-refractivity contribution in [1.82, 2.24) is 0 Å². The molecule has 0 N–H and O–H groups in total. The van der Waals surface area contributed by atoms with Gasteiger partial charge in [0.1, 0.15) is 19.0 Å². The zero-order chi connectivity index (χ0) is 11.1. The van der Waals surface area contributed by atoms with E-state index in [1.54, 1.807) is 6.07 Å². The van der Waals surface area contributed by atoms with E-state index in [0.29, 0.717) is 11.6 Å². The van der Waals surface area contributed by atoms with Crippen LogP contribution in [-0.4, -0.2) is 19.2 Å². The minimum atomic E-state index is -0.479. The summed E-state index contributed by atoms with van der Waals surface area (Å²) in [7, 11) is 0. The molecule has 3 heteroatoms. The van der Waals surface area contributed by atoms with Crippen molar-refractivity contribution in [3.05, 3.63) is 29.3 Å².